The Balaban J connectivity index is 1.74. The van der Waals surface area contributed by atoms with E-state index in [2.05, 4.69) is 15.3 Å². The van der Waals surface area contributed by atoms with Crippen LogP contribution in [0.3, 0.4) is 0 Å². The first-order valence-electron chi connectivity index (χ1n) is 7.59. The van der Waals surface area contributed by atoms with Crippen molar-refractivity contribution in [3.63, 3.8) is 0 Å². The number of carbonyl (C=O) groups excluding carboxylic acids is 2. The van der Waals surface area contributed by atoms with Gasteiger partial charge in [0.1, 0.15) is 11.3 Å². The first-order valence-corrected chi connectivity index (χ1v) is 7.59. The number of benzene rings is 2. The molecule has 3 rings (SSSR count). The van der Waals surface area contributed by atoms with Gasteiger partial charge >= 0.3 is 5.97 Å². The van der Waals surface area contributed by atoms with Gasteiger partial charge in [-0.15, -0.1) is 0 Å². The molecule has 0 spiro atoms. The molecule has 0 aliphatic rings. The van der Waals surface area contributed by atoms with Crippen molar-refractivity contribution < 1.29 is 19.1 Å². The maximum Gasteiger partial charge on any atom is 0.341 e. The highest BCUT2D eigenvalue weighted by Crippen LogP contribution is 2.21. The van der Waals surface area contributed by atoms with Gasteiger partial charge in [-0.05, 0) is 35.9 Å². The first-order chi connectivity index (χ1) is 12.1. The number of H-pyrrole nitrogens is 1. The lowest BCUT2D eigenvalue weighted by Gasteiger charge is -2.10. The summed E-state index contributed by atoms with van der Waals surface area (Å²) < 4.78 is 9.90. The van der Waals surface area contributed by atoms with Gasteiger partial charge in [-0.2, -0.15) is 0 Å². The first kappa shape index (κ1) is 16.5. The fourth-order valence-corrected chi connectivity index (χ4v) is 2.50. The van der Waals surface area contributed by atoms with E-state index in [1.54, 1.807) is 42.7 Å². The fourth-order valence-electron chi connectivity index (χ4n) is 2.50. The van der Waals surface area contributed by atoms with Crippen LogP contribution in [-0.2, 0) is 11.3 Å². The number of esters is 1. The number of fused-ring (bicyclic) bond motifs is 1. The van der Waals surface area contributed by atoms with E-state index in [-0.39, 0.29) is 12.5 Å². The van der Waals surface area contributed by atoms with Gasteiger partial charge in [0.15, 0.2) is 0 Å². The zero-order valence-electron chi connectivity index (χ0n) is 13.8. The van der Waals surface area contributed by atoms with E-state index in [0.29, 0.717) is 16.9 Å². The third-order valence-corrected chi connectivity index (χ3v) is 3.80. The predicted molar refractivity (Wildman–Crippen MR) is 91.6 cm³/mol. The third kappa shape index (κ3) is 3.45. The van der Waals surface area contributed by atoms with Gasteiger partial charge in [-0.1, -0.05) is 6.07 Å². The molecule has 0 aliphatic carbocycles. The van der Waals surface area contributed by atoms with Crippen LogP contribution in [0.2, 0.25) is 0 Å². The molecule has 25 heavy (non-hydrogen) atoms. The second-order valence-electron chi connectivity index (χ2n) is 5.34. The molecule has 1 heterocycles. The third-order valence-electron chi connectivity index (χ3n) is 3.80. The predicted octanol–water partition coefficient (Wildman–Crippen LogP) is 2.29. The minimum Gasteiger partial charge on any atom is -0.496 e. The average Bonchev–Trinajstić information content (AvgIpc) is 3.12. The number of aromatic nitrogens is 2. The Labute approximate surface area is 144 Å². The van der Waals surface area contributed by atoms with E-state index in [4.69, 9.17) is 9.47 Å². The zero-order chi connectivity index (χ0) is 17.8. The maximum atomic E-state index is 12.3. The maximum absolute atomic E-state index is 12.3. The second kappa shape index (κ2) is 7.04. The van der Waals surface area contributed by atoms with E-state index >= 15 is 0 Å². The van der Waals surface area contributed by atoms with Gasteiger partial charge in [0.25, 0.3) is 5.91 Å². The Hall–Kier alpha value is -3.35. The molecular formula is C18H17N3O4. The monoisotopic (exact) mass is 339 g/mol. The van der Waals surface area contributed by atoms with Crippen LogP contribution in [0.4, 0.5) is 0 Å². The Bertz CT molecular complexity index is 933. The highest BCUT2D eigenvalue weighted by Gasteiger charge is 2.14. The molecular weight excluding hydrogens is 322 g/mol. The quantitative estimate of drug-likeness (QED) is 0.696. The van der Waals surface area contributed by atoms with Crippen molar-refractivity contribution in [2.45, 2.75) is 6.54 Å². The molecule has 0 aliphatic heterocycles. The number of hydrogen-bond donors (Lipinski definition) is 2. The van der Waals surface area contributed by atoms with Crippen molar-refractivity contribution in [3.8, 4) is 5.75 Å². The Kier molecular flexibility index (Phi) is 4.65. The molecule has 2 aromatic carbocycles. The van der Waals surface area contributed by atoms with E-state index in [9.17, 15) is 9.59 Å². The lowest BCUT2D eigenvalue weighted by molar-refractivity contribution is 0.0597. The van der Waals surface area contributed by atoms with Crippen molar-refractivity contribution in [1.82, 2.24) is 15.3 Å². The number of nitrogens with zero attached hydrogens (tertiary/aromatic N) is 1. The fraction of sp³-hybridized carbons (Fsp3) is 0.167. The number of methoxy groups -OCH3 is 2. The summed E-state index contributed by atoms with van der Waals surface area (Å²) in [6.45, 7) is 0.272. The Morgan fingerprint density at radius 1 is 1.16 bits per heavy atom. The number of carbonyl (C=O) groups is 2. The lowest BCUT2D eigenvalue weighted by Crippen LogP contribution is -2.23. The van der Waals surface area contributed by atoms with E-state index in [1.807, 2.05) is 0 Å². The standard InChI is InChI=1S/C18H17N3O4/c1-24-16-6-3-11(7-13(16)18(23)25-2)9-19-17(22)12-4-5-14-15(8-12)21-10-20-14/h3-8,10H,9H2,1-2H3,(H,19,22)(H,20,21). The molecule has 0 saturated carbocycles. The molecule has 3 aromatic rings. The van der Waals surface area contributed by atoms with Crippen LogP contribution in [0.25, 0.3) is 11.0 Å². The van der Waals surface area contributed by atoms with Gasteiger partial charge < -0.3 is 19.8 Å². The van der Waals surface area contributed by atoms with Gasteiger partial charge in [-0.3, -0.25) is 4.79 Å². The van der Waals surface area contributed by atoms with Crippen LogP contribution in [0.5, 0.6) is 5.75 Å². The summed E-state index contributed by atoms with van der Waals surface area (Å²) in [5.74, 6) is -0.284. The number of rotatable bonds is 5. The summed E-state index contributed by atoms with van der Waals surface area (Å²) in [6, 6.07) is 10.3. The smallest absolute Gasteiger partial charge is 0.341 e. The summed E-state index contributed by atoms with van der Waals surface area (Å²) in [5, 5.41) is 2.83. The average molecular weight is 339 g/mol. The van der Waals surface area contributed by atoms with Crippen molar-refractivity contribution in [3.05, 3.63) is 59.4 Å². The molecule has 0 unspecified atom stereocenters. The molecule has 0 atom stereocenters. The molecule has 0 bridgehead atoms. The molecule has 7 nitrogen and oxygen atoms in total. The molecule has 128 valence electrons. The molecule has 0 saturated heterocycles. The van der Waals surface area contributed by atoms with Gasteiger partial charge in [0.05, 0.1) is 31.6 Å². The number of ether oxygens (including phenoxy) is 2. The van der Waals surface area contributed by atoms with Crippen LogP contribution in [-0.4, -0.2) is 36.1 Å². The number of amides is 1. The van der Waals surface area contributed by atoms with Crippen LogP contribution < -0.4 is 10.1 Å². The van der Waals surface area contributed by atoms with Crippen molar-refractivity contribution >= 4 is 22.9 Å². The normalized spacial score (nSPS) is 10.5. The molecule has 0 radical (unpaired) electrons. The number of aromatic amines is 1. The van der Waals surface area contributed by atoms with E-state index < -0.39 is 5.97 Å². The highest BCUT2D eigenvalue weighted by molar-refractivity contribution is 5.97. The SMILES string of the molecule is COC(=O)c1cc(CNC(=O)c2ccc3nc[nH]c3c2)ccc1OC. The molecule has 7 heteroatoms. The van der Waals surface area contributed by atoms with Crippen LogP contribution in [0.1, 0.15) is 26.3 Å². The van der Waals surface area contributed by atoms with E-state index in [0.717, 1.165) is 16.6 Å². The second-order valence-corrected chi connectivity index (χ2v) is 5.34. The summed E-state index contributed by atoms with van der Waals surface area (Å²) >= 11 is 0. The zero-order valence-corrected chi connectivity index (χ0v) is 13.8. The lowest BCUT2D eigenvalue weighted by atomic mass is 10.1. The number of hydrogen-bond acceptors (Lipinski definition) is 5. The van der Waals surface area contributed by atoms with Crippen LogP contribution in [0.15, 0.2) is 42.7 Å². The topological polar surface area (TPSA) is 93.3 Å². The minimum atomic E-state index is -0.491. The Morgan fingerprint density at radius 3 is 2.76 bits per heavy atom. The van der Waals surface area contributed by atoms with Gasteiger partial charge in [-0.25, -0.2) is 9.78 Å². The summed E-state index contributed by atoms with van der Waals surface area (Å²) in [6.07, 6.45) is 1.58. The summed E-state index contributed by atoms with van der Waals surface area (Å²) in [5.41, 5.74) is 3.20. The van der Waals surface area contributed by atoms with Crippen molar-refractivity contribution in [2.75, 3.05) is 14.2 Å². The molecule has 0 fully saturated rings. The largest absolute Gasteiger partial charge is 0.496 e. The number of nitrogens with one attached hydrogen (secondary N) is 2. The van der Waals surface area contributed by atoms with Crippen LogP contribution >= 0.6 is 0 Å². The summed E-state index contributed by atoms with van der Waals surface area (Å²) in [4.78, 5) is 31.2. The summed E-state index contributed by atoms with van der Waals surface area (Å²) in [7, 11) is 2.79. The highest BCUT2D eigenvalue weighted by atomic mass is 16.5. The molecule has 2 N–H and O–H groups in total. The Morgan fingerprint density at radius 2 is 2.00 bits per heavy atom. The minimum absolute atomic E-state index is 0.216. The van der Waals surface area contributed by atoms with Gasteiger partial charge in [0, 0.05) is 12.1 Å². The van der Waals surface area contributed by atoms with Crippen LogP contribution in [0, 0.1) is 0 Å². The molecule has 1 aromatic heterocycles. The molecule has 1 amide bonds. The van der Waals surface area contributed by atoms with E-state index in [1.165, 1.54) is 14.2 Å². The van der Waals surface area contributed by atoms with Crippen molar-refractivity contribution in [1.29, 1.82) is 0 Å². The number of imidazole rings is 1. The van der Waals surface area contributed by atoms with Gasteiger partial charge in [0.2, 0.25) is 0 Å². The van der Waals surface area contributed by atoms with Crippen molar-refractivity contribution in [2.24, 2.45) is 0 Å².